The van der Waals surface area contributed by atoms with Crippen LogP contribution < -0.4 is 4.74 Å². The van der Waals surface area contributed by atoms with Gasteiger partial charge in [0.1, 0.15) is 5.75 Å². The average Bonchev–Trinajstić information content (AvgIpc) is 2.93. The Kier molecular flexibility index (Phi) is 13.2. The van der Waals surface area contributed by atoms with E-state index in [1.807, 2.05) is 0 Å². The van der Waals surface area contributed by atoms with Crippen LogP contribution in [0, 0.1) is 0 Å². The summed E-state index contributed by atoms with van der Waals surface area (Å²) in [5.41, 5.74) is 6.40. The fourth-order valence-electron chi connectivity index (χ4n) is 4.64. The molecule has 0 saturated heterocycles. The summed E-state index contributed by atoms with van der Waals surface area (Å²) in [6.07, 6.45) is 19.6. The van der Waals surface area contributed by atoms with Gasteiger partial charge in [-0.15, -0.1) is 0 Å². The Balaban J connectivity index is 1.37. The molecule has 36 heavy (non-hydrogen) atoms. The van der Waals surface area contributed by atoms with Crippen LogP contribution in [0.2, 0.25) is 0 Å². The van der Waals surface area contributed by atoms with Crippen LogP contribution in [0.25, 0.3) is 11.1 Å². The van der Waals surface area contributed by atoms with Crippen molar-refractivity contribution >= 4 is 0 Å². The predicted octanol–water partition coefficient (Wildman–Crippen LogP) is 9.79. The fraction of sp³-hybridized carbons (Fsp3) is 0.500. The maximum atomic E-state index is 5.95. The molecule has 0 N–H and O–H groups in total. The van der Waals surface area contributed by atoms with E-state index >= 15 is 0 Å². The van der Waals surface area contributed by atoms with Gasteiger partial charge in [-0.3, -0.25) is 4.98 Å². The Morgan fingerprint density at radius 1 is 0.528 bits per heavy atom. The third-order valence-electron chi connectivity index (χ3n) is 7.03. The number of rotatable bonds is 18. The van der Waals surface area contributed by atoms with E-state index in [-0.39, 0.29) is 0 Å². The van der Waals surface area contributed by atoms with Gasteiger partial charge in [0.05, 0.1) is 6.61 Å². The lowest BCUT2D eigenvalue weighted by Crippen LogP contribution is -1.97. The summed E-state index contributed by atoms with van der Waals surface area (Å²) >= 11 is 0. The first kappa shape index (κ1) is 28.0. The molecule has 0 atom stereocenters. The molecule has 0 aliphatic rings. The first-order valence-electron chi connectivity index (χ1n) is 14.5. The summed E-state index contributed by atoms with van der Waals surface area (Å²) in [4.78, 5) is 4.70. The zero-order chi connectivity index (χ0) is 25.3. The minimum absolute atomic E-state index is 0.818. The quantitative estimate of drug-likeness (QED) is 0.167. The topological polar surface area (TPSA) is 22.1 Å². The van der Waals surface area contributed by atoms with E-state index in [2.05, 4.69) is 80.7 Å². The van der Waals surface area contributed by atoms with Crippen LogP contribution in [-0.4, -0.2) is 11.6 Å². The third-order valence-corrected chi connectivity index (χ3v) is 7.03. The minimum Gasteiger partial charge on any atom is -0.494 e. The van der Waals surface area contributed by atoms with Crippen molar-refractivity contribution in [3.8, 4) is 16.9 Å². The zero-order valence-electron chi connectivity index (χ0n) is 22.8. The molecule has 1 aromatic heterocycles. The van der Waals surface area contributed by atoms with Crippen molar-refractivity contribution in [2.75, 3.05) is 6.61 Å². The Morgan fingerprint density at radius 2 is 1.11 bits per heavy atom. The van der Waals surface area contributed by atoms with E-state index in [0.29, 0.717) is 0 Å². The highest BCUT2D eigenvalue weighted by Crippen LogP contribution is 2.23. The molecule has 0 spiro atoms. The summed E-state index contributed by atoms with van der Waals surface area (Å²) in [5.74, 6) is 0.973. The summed E-state index contributed by atoms with van der Waals surface area (Å²) < 4.78 is 5.95. The van der Waals surface area contributed by atoms with Crippen molar-refractivity contribution in [3.05, 3.63) is 83.7 Å². The number of aryl methyl sites for hydroxylation is 3. The summed E-state index contributed by atoms with van der Waals surface area (Å²) in [7, 11) is 0. The first-order chi connectivity index (χ1) is 17.8. The third kappa shape index (κ3) is 10.6. The van der Waals surface area contributed by atoms with E-state index in [1.165, 1.54) is 92.2 Å². The molecule has 0 aliphatic heterocycles. The first-order valence-corrected chi connectivity index (χ1v) is 14.5. The molecular weight excluding hydrogens is 438 g/mol. The van der Waals surface area contributed by atoms with Crippen LogP contribution in [0.15, 0.2) is 66.9 Å². The number of ether oxygens (including phenoxy) is 1. The molecule has 3 rings (SSSR count). The minimum atomic E-state index is 0.818. The van der Waals surface area contributed by atoms with Gasteiger partial charge in [0.25, 0.3) is 0 Å². The second-order valence-electron chi connectivity index (χ2n) is 10.2. The molecule has 0 aliphatic carbocycles. The van der Waals surface area contributed by atoms with Gasteiger partial charge >= 0.3 is 0 Å². The number of nitrogens with zero attached hydrogens (tertiary/aromatic N) is 1. The van der Waals surface area contributed by atoms with E-state index in [1.54, 1.807) is 0 Å². The predicted molar refractivity (Wildman–Crippen MR) is 155 cm³/mol. The molecule has 0 amide bonds. The van der Waals surface area contributed by atoms with Crippen LogP contribution in [0.3, 0.4) is 0 Å². The molecule has 2 nitrogen and oxygen atoms in total. The van der Waals surface area contributed by atoms with Gasteiger partial charge in [-0.05, 0) is 72.6 Å². The van der Waals surface area contributed by atoms with Crippen LogP contribution in [0.1, 0.15) is 101 Å². The average molecular weight is 486 g/mol. The van der Waals surface area contributed by atoms with Crippen LogP contribution >= 0.6 is 0 Å². The largest absolute Gasteiger partial charge is 0.494 e. The van der Waals surface area contributed by atoms with Crippen molar-refractivity contribution < 1.29 is 4.74 Å². The van der Waals surface area contributed by atoms with Gasteiger partial charge in [-0.2, -0.15) is 0 Å². The Labute approximate surface area is 220 Å². The Hall–Kier alpha value is -2.61. The normalized spacial score (nSPS) is 11.1. The van der Waals surface area contributed by atoms with Gasteiger partial charge in [0, 0.05) is 11.9 Å². The SMILES string of the molecule is CCCCCCCCCOc1ccc(-c2ccc(CCc3ccc(CCCCCC)cn3)cc2)cc1. The number of hydrogen-bond donors (Lipinski definition) is 0. The van der Waals surface area contributed by atoms with Crippen molar-refractivity contribution in [1.29, 1.82) is 0 Å². The van der Waals surface area contributed by atoms with E-state index in [9.17, 15) is 0 Å². The summed E-state index contributed by atoms with van der Waals surface area (Å²) in [6.45, 7) is 5.34. The van der Waals surface area contributed by atoms with E-state index in [0.717, 1.165) is 38.0 Å². The molecule has 0 radical (unpaired) electrons. The lowest BCUT2D eigenvalue weighted by atomic mass is 10.0. The highest BCUT2D eigenvalue weighted by Gasteiger charge is 2.02. The highest BCUT2D eigenvalue weighted by atomic mass is 16.5. The van der Waals surface area contributed by atoms with Gasteiger partial charge in [-0.25, -0.2) is 0 Å². The van der Waals surface area contributed by atoms with E-state index < -0.39 is 0 Å². The van der Waals surface area contributed by atoms with Crippen molar-refractivity contribution in [2.45, 2.75) is 104 Å². The highest BCUT2D eigenvalue weighted by molar-refractivity contribution is 5.64. The lowest BCUT2D eigenvalue weighted by molar-refractivity contribution is 0.304. The zero-order valence-corrected chi connectivity index (χ0v) is 22.8. The Morgan fingerprint density at radius 3 is 1.75 bits per heavy atom. The fourth-order valence-corrected chi connectivity index (χ4v) is 4.64. The maximum absolute atomic E-state index is 5.95. The smallest absolute Gasteiger partial charge is 0.119 e. The van der Waals surface area contributed by atoms with Gasteiger partial charge in [0.2, 0.25) is 0 Å². The molecule has 0 fully saturated rings. The van der Waals surface area contributed by atoms with Gasteiger partial charge < -0.3 is 4.74 Å². The van der Waals surface area contributed by atoms with Gasteiger partial charge in [-0.1, -0.05) is 114 Å². The molecule has 2 heteroatoms. The number of unbranched alkanes of at least 4 members (excludes halogenated alkanes) is 9. The molecule has 2 aromatic carbocycles. The lowest BCUT2D eigenvalue weighted by Gasteiger charge is -2.08. The standard InChI is InChI=1S/C34H47NO/c1-3-5-7-9-10-11-13-27-36-34-25-21-32(22-26-34)31-19-15-29(16-20-31)17-23-33-24-18-30(28-35-33)14-12-8-6-4-2/h15-16,18-22,24-26,28H,3-14,17,23,27H2,1-2H3. The Bertz CT molecular complexity index is 944. The van der Waals surface area contributed by atoms with Crippen molar-refractivity contribution in [2.24, 2.45) is 0 Å². The summed E-state index contributed by atoms with van der Waals surface area (Å²) in [5, 5.41) is 0. The molecule has 1 heterocycles. The second-order valence-corrected chi connectivity index (χ2v) is 10.2. The molecular formula is C34H47NO. The van der Waals surface area contributed by atoms with Gasteiger partial charge in [0.15, 0.2) is 0 Å². The summed E-state index contributed by atoms with van der Waals surface area (Å²) in [6, 6.07) is 22.0. The number of benzene rings is 2. The van der Waals surface area contributed by atoms with Crippen LogP contribution in [-0.2, 0) is 19.3 Å². The second kappa shape index (κ2) is 17.0. The molecule has 3 aromatic rings. The van der Waals surface area contributed by atoms with E-state index in [4.69, 9.17) is 9.72 Å². The maximum Gasteiger partial charge on any atom is 0.119 e. The monoisotopic (exact) mass is 485 g/mol. The van der Waals surface area contributed by atoms with Crippen molar-refractivity contribution in [3.63, 3.8) is 0 Å². The molecule has 0 bridgehead atoms. The number of hydrogen-bond acceptors (Lipinski definition) is 2. The molecule has 0 saturated carbocycles. The van der Waals surface area contributed by atoms with Crippen LogP contribution in [0.5, 0.6) is 5.75 Å². The van der Waals surface area contributed by atoms with Crippen LogP contribution in [0.4, 0.5) is 0 Å². The number of pyridine rings is 1. The molecule has 0 unspecified atom stereocenters. The molecule has 194 valence electrons. The van der Waals surface area contributed by atoms with Crippen molar-refractivity contribution in [1.82, 2.24) is 4.98 Å². The number of aromatic nitrogens is 1.